The first-order chi connectivity index (χ1) is 7.79. The third-order valence-corrected chi connectivity index (χ3v) is 1.95. The predicted octanol–water partition coefficient (Wildman–Crippen LogP) is 0.909. The molecule has 1 N–H and O–H groups in total. The molecule has 1 aromatic rings. The van der Waals surface area contributed by atoms with Gasteiger partial charge < -0.3 is 4.74 Å². The lowest BCUT2D eigenvalue weighted by molar-refractivity contribution is -0.145. The fourth-order valence-electron chi connectivity index (χ4n) is 1.27. The topological polar surface area (TPSA) is 51.2 Å². The van der Waals surface area contributed by atoms with Crippen molar-refractivity contribution in [1.29, 1.82) is 0 Å². The van der Waals surface area contributed by atoms with Crippen LogP contribution in [-0.2, 0) is 9.53 Å². The van der Waals surface area contributed by atoms with E-state index in [2.05, 4.69) is 16.2 Å². The van der Waals surface area contributed by atoms with Crippen LogP contribution < -0.4 is 5.32 Å². The molecule has 4 nitrogen and oxygen atoms in total. The highest BCUT2D eigenvalue weighted by atomic mass is 16.5. The normalized spacial score (nSPS) is 11.5. The summed E-state index contributed by atoms with van der Waals surface area (Å²) in [6, 6.07) is 3.02. The minimum absolute atomic E-state index is 0.304. The summed E-state index contributed by atoms with van der Waals surface area (Å²) in [7, 11) is 0. The first-order valence-electron chi connectivity index (χ1n) is 5.03. The van der Waals surface area contributed by atoms with Gasteiger partial charge in [-0.05, 0) is 18.6 Å². The van der Waals surface area contributed by atoms with Gasteiger partial charge in [0, 0.05) is 12.4 Å². The zero-order chi connectivity index (χ0) is 11.8. The van der Waals surface area contributed by atoms with Crippen molar-refractivity contribution in [2.24, 2.45) is 0 Å². The summed E-state index contributed by atoms with van der Waals surface area (Å²) in [5.74, 6) is 2.08. The Morgan fingerprint density at radius 1 is 1.75 bits per heavy atom. The lowest BCUT2D eigenvalue weighted by atomic mass is 10.1. The Bertz CT molecular complexity index is 370. The van der Waals surface area contributed by atoms with E-state index in [-0.39, 0.29) is 5.97 Å². The highest BCUT2D eigenvalue weighted by molar-refractivity contribution is 5.77. The number of nitrogens with one attached hydrogen (secondary N) is 1. The predicted molar refractivity (Wildman–Crippen MR) is 60.4 cm³/mol. The van der Waals surface area contributed by atoms with Crippen molar-refractivity contribution in [3.63, 3.8) is 0 Å². The van der Waals surface area contributed by atoms with Gasteiger partial charge in [0.25, 0.3) is 0 Å². The molecule has 1 unspecified atom stereocenters. The van der Waals surface area contributed by atoms with Gasteiger partial charge in [0.2, 0.25) is 0 Å². The molecule has 0 saturated heterocycles. The minimum atomic E-state index is -0.551. The van der Waals surface area contributed by atoms with Gasteiger partial charge in [-0.3, -0.25) is 10.3 Å². The first-order valence-corrected chi connectivity index (χ1v) is 5.03. The molecule has 0 aliphatic carbocycles. The van der Waals surface area contributed by atoms with E-state index in [0.717, 1.165) is 5.56 Å². The molecule has 0 aliphatic heterocycles. The molecule has 16 heavy (non-hydrogen) atoms. The number of aromatic nitrogens is 1. The van der Waals surface area contributed by atoms with Crippen LogP contribution in [0.5, 0.6) is 0 Å². The molecule has 84 valence electrons. The zero-order valence-corrected chi connectivity index (χ0v) is 9.14. The third-order valence-electron chi connectivity index (χ3n) is 1.95. The van der Waals surface area contributed by atoms with E-state index in [0.29, 0.717) is 13.2 Å². The van der Waals surface area contributed by atoms with E-state index in [4.69, 9.17) is 11.2 Å². The molecule has 0 fully saturated rings. The van der Waals surface area contributed by atoms with E-state index < -0.39 is 6.04 Å². The van der Waals surface area contributed by atoms with Crippen LogP contribution in [0.15, 0.2) is 24.5 Å². The molecule has 0 amide bonds. The summed E-state index contributed by atoms with van der Waals surface area (Å²) >= 11 is 0. The van der Waals surface area contributed by atoms with Crippen LogP contribution in [0.25, 0.3) is 0 Å². The molecule has 1 rings (SSSR count). The van der Waals surface area contributed by atoms with Crippen LogP contribution in [0.1, 0.15) is 18.5 Å². The summed E-state index contributed by atoms with van der Waals surface area (Å²) in [5.41, 5.74) is 0.746. The van der Waals surface area contributed by atoms with Crippen LogP contribution in [0.2, 0.25) is 0 Å². The molecular weight excluding hydrogens is 204 g/mol. The number of pyridine rings is 1. The maximum atomic E-state index is 11.7. The van der Waals surface area contributed by atoms with Crippen molar-refractivity contribution in [1.82, 2.24) is 10.3 Å². The van der Waals surface area contributed by atoms with Crippen molar-refractivity contribution < 1.29 is 9.53 Å². The van der Waals surface area contributed by atoms with E-state index in [1.807, 2.05) is 0 Å². The second-order valence-electron chi connectivity index (χ2n) is 3.06. The fourth-order valence-corrected chi connectivity index (χ4v) is 1.27. The maximum Gasteiger partial charge on any atom is 0.327 e. The lowest BCUT2D eigenvalue weighted by Crippen LogP contribution is -2.30. The van der Waals surface area contributed by atoms with Gasteiger partial charge in [-0.2, -0.15) is 0 Å². The molecule has 0 spiro atoms. The van der Waals surface area contributed by atoms with Gasteiger partial charge in [-0.15, -0.1) is 6.42 Å². The summed E-state index contributed by atoms with van der Waals surface area (Å²) in [6.07, 6.45) is 8.41. The second-order valence-corrected chi connectivity index (χ2v) is 3.06. The van der Waals surface area contributed by atoms with E-state index in [1.54, 1.807) is 31.5 Å². The average molecular weight is 218 g/mol. The number of rotatable bonds is 5. The van der Waals surface area contributed by atoms with Crippen molar-refractivity contribution >= 4 is 5.97 Å². The molecule has 0 radical (unpaired) electrons. The van der Waals surface area contributed by atoms with Gasteiger partial charge >= 0.3 is 5.97 Å². The average Bonchev–Trinajstić information content (AvgIpc) is 2.31. The monoisotopic (exact) mass is 218 g/mol. The molecule has 0 aliphatic rings. The minimum Gasteiger partial charge on any atom is -0.465 e. The Hall–Kier alpha value is -1.86. The van der Waals surface area contributed by atoms with E-state index in [9.17, 15) is 4.79 Å². The standard InChI is InChI=1S/C12H14N2O2/c1-3-7-14-11(12(15)16-4-2)10-6-5-8-13-9-10/h1,5-6,8-9,11,14H,4,7H2,2H3. The van der Waals surface area contributed by atoms with Crippen LogP contribution in [-0.4, -0.2) is 24.1 Å². The molecule has 1 atom stereocenters. The number of nitrogens with zero attached hydrogens (tertiary/aromatic N) is 1. The Morgan fingerprint density at radius 3 is 3.12 bits per heavy atom. The SMILES string of the molecule is C#CCNC(C(=O)OCC)c1cccnc1. The third kappa shape index (κ3) is 3.37. The molecule has 1 aromatic heterocycles. The maximum absolute atomic E-state index is 11.7. The molecule has 1 heterocycles. The van der Waals surface area contributed by atoms with Gasteiger partial charge in [-0.1, -0.05) is 12.0 Å². The van der Waals surface area contributed by atoms with E-state index in [1.165, 1.54) is 0 Å². The molecule has 4 heteroatoms. The quantitative estimate of drug-likeness (QED) is 0.589. The lowest BCUT2D eigenvalue weighted by Gasteiger charge is -2.15. The Balaban J connectivity index is 2.79. The number of ether oxygens (including phenoxy) is 1. The van der Waals surface area contributed by atoms with Crippen molar-refractivity contribution in [2.45, 2.75) is 13.0 Å². The summed E-state index contributed by atoms with van der Waals surface area (Å²) < 4.78 is 4.96. The molecule has 0 bridgehead atoms. The highest BCUT2D eigenvalue weighted by Crippen LogP contribution is 2.12. The first kappa shape index (κ1) is 12.2. The highest BCUT2D eigenvalue weighted by Gasteiger charge is 2.20. The zero-order valence-electron chi connectivity index (χ0n) is 9.14. The number of hydrogen-bond donors (Lipinski definition) is 1. The second kappa shape index (κ2) is 6.59. The van der Waals surface area contributed by atoms with Gasteiger partial charge in [0.05, 0.1) is 13.2 Å². The molecule has 0 aromatic carbocycles. The number of carbonyl (C=O) groups is 1. The fraction of sp³-hybridized carbons (Fsp3) is 0.333. The number of carbonyl (C=O) groups excluding carboxylic acids is 1. The number of esters is 1. The van der Waals surface area contributed by atoms with Crippen LogP contribution in [0.4, 0.5) is 0 Å². The Labute approximate surface area is 95.0 Å². The van der Waals surface area contributed by atoms with Gasteiger partial charge in [0.15, 0.2) is 0 Å². The van der Waals surface area contributed by atoms with Crippen molar-refractivity contribution in [2.75, 3.05) is 13.2 Å². The van der Waals surface area contributed by atoms with Crippen LogP contribution in [0.3, 0.4) is 0 Å². The van der Waals surface area contributed by atoms with Gasteiger partial charge in [0.1, 0.15) is 6.04 Å². The number of hydrogen-bond acceptors (Lipinski definition) is 4. The van der Waals surface area contributed by atoms with Gasteiger partial charge in [-0.25, -0.2) is 4.79 Å². The largest absolute Gasteiger partial charge is 0.465 e. The molecule has 0 saturated carbocycles. The van der Waals surface area contributed by atoms with Crippen molar-refractivity contribution in [3.05, 3.63) is 30.1 Å². The van der Waals surface area contributed by atoms with Crippen LogP contribution >= 0.6 is 0 Å². The van der Waals surface area contributed by atoms with Crippen LogP contribution in [0, 0.1) is 12.3 Å². The Kier molecular flexibility index (Phi) is 5.03. The van der Waals surface area contributed by atoms with E-state index >= 15 is 0 Å². The Morgan fingerprint density at radius 2 is 2.56 bits per heavy atom. The number of terminal acetylenes is 1. The molecular formula is C12H14N2O2. The smallest absolute Gasteiger partial charge is 0.327 e. The summed E-state index contributed by atoms with van der Waals surface area (Å²) in [5, 5.41) is 2.92. The summed E-state index contributed by atoms with van der Waals surface area (Å²) in [6.45, 7) is 2.41. The van der Waals surface area contributed by atoms with Crippen molar-refractivity contribution in [3.8, 4) is 12.3 Å². The summed E-state index contributed by atoms with van der Waals surface area (Å²) in [4.78, 5) is 15.6.